The maximum atomic E-state index is 2.39. The third-order valence-electron chi connectivity index (χ3n) is 9.42. The van der Waals surface area contributed by atoms with Gasteiger partial charge in [0.15, 0.2) is 0 Å². The molecule has 0 aliphatic heterocycles. The summed E-state index contributed by atoms with van der Waals surface area (Å²) in [7, 11) is 0. The summed E-state index contributed by atoms with van der Waals surface area (Å²) in [5, 5.41) is 10.1. The van der Waals surface area contributed by atoms with E-state index in [1.165, 1.54) is 87.6 Å². The van der Waals surface area contributed by atoms with E-state index in [0.717, 1.165) is 0 Å². The summed E-state index contributed by atoms with van der Waals surface area (Å²) in [6, 6.07) is 66.5. The van der Waals surface area contributed by atoms with Crippen LogP contribution < -0.4 is 0 Å². The fourth-order valence-electron chi connectivity index (χ4n) is 7.36. The number of benzene rings is 9. The monoisotopic (exact) mass is 582 g/mol. The van der Waals surface area contributed by atoms with Crippen molar-refractivity contribution in [3.05, 3.63) is 182 Å². The second-order valence-electron chi connectivity index (χ2n) is 12.1. The molecule has 0 saturated heterocycles. The molecule has 0 spiro atoms. The molecule has 0 N–H and O–H groups in total. The summed E-state index contributed by atoms with van der Waals surface area (Å²) in [4.78, 5) is 0. The van der Waals surface area contributed by atoms with Crippen molar-refractivity contribution in [1.29, 1.82) is 0 Å². The van der Waals surface area contributed by atoms with Crippen molar-refractivity contribution in [3.63, 3.8) is 0 Å². The molecule has 0 radical (unpaired) electrons. The first-order chi connectivity index (χ1) is 22.8. The standard InChI is InChI=1S/C46H30/c1-2-14-31(15-3-1)36-29-33-17-5-7-22-38(33)44(30-36)34-19-12-20-35(28-34)45-40-23-8-10-25-42(40)46(43-26-11-9-24-41(43)45)39-27-13-18-32-16-4-6-21-37(32)39/h1-30H. The first-order valence-corrected chi connectivity index (χ1v) is 15.9. The highest BCUT2D eigenvalue weighted by Crippen LogP contribution is 2.46. The molecule has 0 aliphatic rings. The van der Waals surface area contributed by atoms with Gasteiger partial charge in [0.25, 0.3) is 0 Å². The number of fused-ring (bicyclic) bond motifs is 4. The lowest BCUT2D eigenvalue weighted by molar-refractivity contribution is 1.61. The average molecular weight is 583 g/mol. The van der Waals surface area contributed by atoms with E-state index in [4.69, 9.17) is 0 Å². The molecular formula is C46H30. The van der Waals surface area contributed by atoms with Crippen molar-refractivity contribution in [3.8, 4) is 44.5 Å². The summed E-state index contributed by atoms with van der Waals surface area (Å²) in [6.07, 6.45) is 0. The van der Waals surface area contributed by atoms with Gasteiger partial charge < -0.3 is 0 Å². The van der Waals surface area contributed by atoms with Crippen molar-refractivity contribution in [2.75, 3.05) is 0 Å². The first-order valence-electron chi connectivity index (χ1n) is 15.9. The van der Waals surface area contributed by atoms with Crippen LogP contribution in [-0.2, 0) is 0 Å². The fourth-order valence-corrected chi connectivity index (χ4v) is 7.36. The summed E-state index contributed by atoms with van der Waals surface area (Å²) < 4.78 is 0. The lowest BCUT2D eigenvalue weighted by atomic mass is 9.84. The van der Waals surface area contributed by atoms with E-state index in [2.05, 4.69) is 182 Å². The third-order valence-corrected chi connectivity index (χ3v) is 9.42. The Balaban J connectivity index is 1.32. The zero-order valence-corrected chi connectivity index (χ0v) is 25.3. The Hall–Kier alpha value is -5.98. The topological polar surface area (TPSA) is 0 Å². The third kappa shape index (κ3) is 4.30. The Kier molecular flexibility index (Phi) is 6.25. The Morgan fingerprint density at radius 2 is 0.696 bits per heavy atom. The van der Waals surface area contributed by atoms with Gasteiger partial charge in [-0.3, -0.25) is 0 Å². The quantitative estimate of drug-likeness (QED) is 0.181. The van der Waals surface area contributed by atoms with Crippen LogP contribution in [-0.4, -0.2) is 0 Å². The summed E-state index contributed by atoms with van der Waals surface area (Å²) in [6.45, 7) is 0. The van der Waals surface area contributed by atoms with Crippen LogP contribution in [0.15, 0.2) is 182 Å². The molecule has 0 bridgehead atoms. The molecule has 0 aliphatic carbocycles. The predicted octanol–water partition coefficient (Wildman–Crippen LogP) is 13.0. The highest BCUT2D eigenvalue weighted by atomic mass is 14.2. The molecule has 0 heterocycles. The van der Waals surface area contributed by atoms with Crippen LogP contribution in [0.5, 0.6) is 0 Å². The largest absolute Gasteiger partial charge is 0.0622 e. The molecule has 0 aromatic heterocycles. The highest BCUT2D eigenvalue weighted by Gasteiger charge is 2.18. The van der Waals surface area contributed by atoms with Gasteiger partial charge in [0.2, 0.25) is 0 Å². The van der Waals surface area contributed by atoms with Gasteiger partial charge in [0.1, 0.15) is 0 Å². The van der Waals surface area contributed by atoms with Gasteiger partial charge in [-0.05, 0) is 106 Å². The van der Waals surface area contributed by atoms with Crippen LogP contribution in [0.2, 0.25) is 0 Å². The van der Waals surface area contributed by atoms with Crippen molar-refractivity contribution in [2.45, 2.75) is 0 Å². The lowest BCUT2D eigenvalue weighted by Crippen LogP contribution is -1.92. The van der Waals surface area contributed by atoms with Crippen LogP contribution in [0.25, 0.3) is 87.6 Å². The molecule has 0 unspecified atom stereocenters. The van der Waals surface area contributed by atoms with Crippen molar-refractivity contribution in [1.82, 2.24) is 0 Å². The SMILES string of the molecule is c1ccc(-c2cc(-c3cccc(-c4c5ccccc5c(-c5cccc6ccccc56)c5ccccc45)c3)c3ccccc3c2)cc1. The Morgan fingerprint density at radius 1 is 0.217 bits per heavy atom. The van der Waals surface area contributed by atoms with E-state index in [9.17, 15) is 0 Å². The molecule has 0 fully saturated rings. The van der Waals surface area contributed by atoms with E-state index < -0.39 is 0 Å². The van der Waals surface area contributed by atoms with Crippen LogP contribution in [0.3, 0.4) is 0 Å². The minimum atomic E-state index is 1.22. The number of hydrogen-bond acceptors (Lipinski definition) is 0. The second-order valence-corrected chi connectivity index (χ2v) is 12.1. The van der Waals surface area contributed by atoms with Crippen LogP contribution in [0.1, 0.15) is 0 Å². The molecule has 0 nitrogen and oxygen atoms in total. The van der Waals surface area contributed by atoms with Crippen molar-refractivity contribution < 1.29 is 0 Å². The van der Waals surface area contributed by atoms with Crippen molar-refractivity contribution in [2.24, 2.45) is 0 Å². The zero-order chi connectivity index (χ0) is 30.5. The predicted molar refractivity (Wildman–Crippen MR) is 198 cm³/mol. The Labute approximate surface area is 268 Å². The molecule has 9 aromatic rings. The Morgan fingerprint density at radius 3 is 1.39 bits per heavy atom. The minimum Gasteiger partial charge on any atom is -0.0622 e. The van der Waals surface area contributed by atoms with Gasteiger partial charge >= 0.3 is 0 Å². The average Bonchev–Trinajstić information content (AvgIpc) is 3.13. The second kappa shape index (κ2) is 10.9. The smallest absolute Gasteiger partial charge is 0.00201 e. The summed E-state index contributed by atoms with van der Waals surface area (Å²) in [5.41, 5.74) is 10.0. The Bertz CT molecular complexity index is 2510. The highest BCUT2D eigenvalue weighted by molar-refractivity contribution is 6.23. The van der Waals surface area contributed by atoms with Crippen LogP contribution >= 0.6 is 0 Å². The van der Waals surface area contributed by atoms with Gasteiger partial charge in [0, 0.05) is 0 Å². The van der Waals surface area contributed by atoms with Gasteiger partial charge in [-0.2, -0.15) is 0 Å². The van der Waals surface area contributed by atoms with Gasteiger partial charge in [0.05, 0.1) is 0 Å². The van der Waals surface area contributed by atoms with E-state index in [-0.39, 0.29) is 0 Å². The fraction of sp³-hybridized carbons (Fsp3) is 0. The van der Waals surface area contributed by atoms with Gasteiger partial charge in [-0.15, -0.1) is 0 Å². The van der Waals surface area contributed by atoms with Gasteiger partial charge in [-0.25, -0.2) is 0 Å². The van der Waals surface area contributed by atoms with Gasteiger partial charge in [-0.1, -0.05) is 164 Å². The van der Waals surface area contributed by atoms with E-state index in [0.29, 0.717) is 0 Å². The van der Waals surface area contributed by atoms with E-state index >= 15 is 0 Å². The molecule has 214 valence electrons. The normalized spacial score (nSPS) is 11.5. The van der Waals surface area contributed by atoms with Crippen molar-refractivity contribution >= 4 is 43.1 Å². The minimum absolute atomic E-state index is 1.22. The molecule has 9 rings (SSSR count). The maximum absolute atomic E-state index is 2.39. The lowest BCUT2D eigenvalue weighted by Gasteiger charge is -2.19. The van der Waals surface area contributed by atoms with Crippen LogP contribution in [0, 0.1) is 0 Å². The first kappa shape index (κ1) is 26.4. The van der Waals surface area contributed by atoms with E-state index in [1.807, 2.05) is 0 Å². The summed E-state index contributed by atoms with van der Waals surface area (Å²) in [5.74, 6) is 0. The molecule has 9 aromatic carbocycles. The molecule has 0 saturated carbocycles. The van der Waals surface area contributed by atoms with E-state index in [1.54, 1.807) is 0 Å². The molecular weight excluding hydrogens is 553 g/mol. The maximum Gasteiger partial charge on any atom is -0.00201 e. The molecule has 0 amide bonds. The zero-order valence-electron chi connectivity index (χ0n) is 25.3. The number of hydrogen-bond donors (Lipinski definition) is 0. The number of rotatable bonds is 4. The van der Waals surface area contributed by atoms with Crippen LogP contribution in [0.4, 0.5) is 0 Å². The molecule has 46 heavy (non-hydrogen) atoms. The summed E-state index contributed by atoms with van der Waals surface area (Å²) >= 11 is 0. The molecule has 0 atom stereocenters. The molecule has 0 heteroatoms.